The van der Waals surface area contributed by atoms with Crippen LogP contribution in [0.5, 0.6) is 0 Å². The Balaban J connectivity index is 2.05. The third kappa shape index (κ3) is 2.59. The van der Waals surface area contributed by atoms with E-state index >= 15 is 0 Å². The fourth-order valence-corrected chi connectivity index (χ4v) is 3.59. The molecule has 0 spiro atoms. The maximum atomic E-state index is 12.5. The van der Waals surface area contributed by atoms with Gasteiger partial charge in [-0.05, 0) is 30.3 Å². The summed E-state index contributed by atoms with van der Waals surface area (Å²) in [7, 11) is -3.77. The lowest BCUT2D eigenvalue weighted by molar-refractivity contribution is 0.601. The fourth-order valence-electron chi connectivity index (χ4n) is 2.02. The quantitative estimate of drug-likeness (QED) is 0.620. The molecule has 2 aromatic carbocycles. The van der Waals surface area contributed by atoms with Gasteiger partial charge in [-0.2, -0.15) is 5.10 Å². The molecule has 21 heavy (non-hydrogen) atoms. The average molecular weight is 367 g/mol. The standard InChI is InChI=1S/C13H11BrN4O2S/c14-8-4-5-13(10(15)6-8)21(19,20)18-12-3-1-2-11-9(12)7-16-17-11/h1-7,18H,15H2,(H,16,17). The number of hydrogen-bond acceptors (Lipinski definition) is 4. The van der Waals surface area contributed by atoms with Gasteiger partial charge in [-0.15, -0.1) is 0 Å². The van der Waals surface area contributed by atoms with Crippen molar-refractivity contribution in [2.45, 2.75) is 4.90 Å². The Kier molecular flexibility index (Phi) is 3.34. The molecular weight excluding hydrogens is 356 g/mol. The SMILES string of the molecule is Nc1cc(Br)ccc1S(=O)(=O)Nc1cccc2[nH]ncc12. The molecule has 8 heteroatoms. The Bertz CT molecular complexity index is 921. The van der Waals surface area contributed by atoms with Gasteiger partial charge < -0.3 is 5.73 Å². The summed E-state index contributed by atoms with van der Waals surface area (Å²) in [4.78, 5) is 0.0335. The number of nitrogens with two attached hydrogens (primary N) is 1. The molecule has 0 saturated carbocycles. The Labute approximate surface area is 129 Å². The zero-order chi connectivity index (χ0) is 15.0. The van der Waals surface area contributed by atoms with Crippen LogP contribution >= 0.6 is 15.9 Å². The minimum absolute atomic E-state index is 0.0335. The Morgan fingerprint density at radius 2 is 2.05 bits per heavy atom. The first-order valence-corrected chi connectivity index (χ1v) is 8.25. The van der Waals surface area contributed by atoms with Gasteiger partial charge in [-0.25, -0.2) is 8.42 Å². The minimum atomic E-state index is -3.77. The summed E-state index contributed by atoms with van der Waals surface area (Å²) >= 11 is 3.25. The Morgan fingerprint density at radius 3 is 2.81 bits per heavy atom. The van der Waals surface area contributed by atoms with Crippen molar-refractivity contribution in [3.8, 4) is 0 Å². The highest BCUT2D eigenvalue weighted by Gasteiger charge is 2.19. The summed E-state index contributed by atoms with van der Waals surface area (Å²) in [6, 6.07) is 9.86. The van der Waals surface area contributed by atoms with Crippen LogP contribution in [-0.4, -0.2) is 18.6 Å². The number of anilines is 2. The molecule has 0 bridgehead atoms. The van der Waals surface area contributed by atoms with E-state index in [4.69, 9.17) is 5.73 Å². The van der Waals surface area contributed by atoms with Gasteiger partial charge in [0.1, 0.15) is 4.90 Å². The monoisotopic (exact) mass is 366 g/mol. The van der Waals surface area contributed by atoms with E-state index in [0.29, 0.717) is 11.1 Å². The number of nitrogens with one attached hydrogen (secondary N) is 2. The van der Waals surface area contributed by atoms with Crippen molar-refractivity contribution in [1.82, 2.24) is 10.2 Å². The van der Waals surface area contributed by atoms with Gasteiger partial charge in [-0.1, -0.05) is 22.0 Å². The highest BCUT2D eigenvalue weighted by Crippen LogP contribution is 2.27. The largest absolute Gasteiger partial charge is 0.398 e. The van der Waals surface area contributed by atoms with Gasteiger partial charge in [-0.3, -0.25) is 9.82 Å². The van der Waals surface area contributed by atoms with E-state index in [0.717, 1.165) is 9.99 Å². The first-order chi connectivity index (χ1) is 9.97. The first kappa shape index (κ1) is 13.9. The van der Waals surface area contributed by atoms with E-state index in [1.54, 1.807) is 30.5 Å². The van der Waals surface area contributed by atoms with E-state index in [2.05, 4.69) is 30.8 Å². The van der Waals surface area contributed by atoms with E-state index in [-0.39, 0.29) is 10.6 Å². The van der Waals surface area contributed by atoms with Crippen molar-refractivity contribution in [3.05, 3.63) is 47.1 Å². The van der Waals surface area contributed by atoms with Gasteiger partial charge in [0.2, 0.25) is 0 Å². The van der Waals surface area contributed by atoms with E-state index in [9.17, 15) is 8.42 Å². The molecule has 0 aliphatic heterocycles. The lowest BCUT2D eigenvalue weighted by Gasteiger charge is -2.11. The molecule has 6 nitrogen and oxygen atoms in total. The van der Waals surface area contributed by atoms with Crippen LogP contribution in [0.25, 0.3) is 10.9 Å². The average Bonchev–Trinajstić information content (AvgIpc) is 2.87. The number of rotatable bonds is 3. The summed E-state index contributed by atoms with van der Waals surface area (Å²) in [5.74, 6) is 0. The van der Waals surface area contributed by atoms with Crippen molar-refractivity contribution in [2.75, 3.05) is 10.5 Å². The van der Waals surface area contributed by atoms with Crippen molar-refractivity contribution >= 4 is 48.2 Å². The summed E-state index contributed by atoms with van der Waals surface area (Å²) in [5.41, 5.74) is 7.16. The molecule has 108 valence electrons. The fraction of sp³-hybridized carbons (Fsp3) is 0. The molecule has 0 saturated heterocycles. The van der Waals surface area contributed by atoms with Gasteiger partial charge in [0.15, 0.2) is 0 Å². The third-order valence-electron chi connectivity index (χ3n) is 2.99. The number of nitrogen functional groups attached to an aromatic ring is 1. The second kappa shape index (κ2) is 5.05. The van der Waals surface area contributed by atoms with Crippen LogP contribution in [0.15, 0.2) is 52.0 Å². The van der Waals surface area contributed by atoms with Gasteiger partial charge in [0.25, 0.3) is 10.0 Å². The number of sulfonamides is 1. The number of benzene rings is 2. The predicted molar refractivity (Wildman–Crippen MR) is 85.5 cm³/mol. The van der Waals surface area contributed by atoms with E-state index in [1.165, 1.54) is 6.07 Å². The highest BCUT2D eigenvalue weighted by atomic mass is 79.9. The zero-order valence-corrected chi connectivity index (χ0v) is 13.1. The molecule has 0 amide bonds. The smallest absolute Gasteiger partial charge is 0.263 e. The molecule has 3 rings (SSSR count). The number of hydrogen-bond donors (Lipinski definition) is 3. The Hall–Kier alpha value is -2.06. The number of aromatic amines is 1. The molecule has 1 aromatic heterocycles. The van der Waals surface area contributed by atoms with Crippen LogP contribution in [0.3, 0.4) is 0 Å². The Morgan fingerprint density at radius 1 is 1.24 bits per heavy atom. The van der Waals surface area contributed by atoms with Crippen LogP contribution in [0.4, 0.5) is 11.4 Å². The van der Waals surface area contributed by atoms with Gasteiger partial charge in [0.05, 0.1) is 23.1 Å². The van der Waals surface area contributed by atoms with Gasteiger partial charge >= 0.3 is 0 Å². The van der Waals surface area contributed by atoms with Crippen LogP contribution in [0.1, 0.15) is 0 Å². The summed E-state index contributed by atoms with van der Waals surface area (Å²) < 4.78 is 28.2. The maximum Gasteiger partial charge on any atom is 0.263 e. The summed E-state index contributed by atoms with van der Waals surface area (Å²) in [6.07, 6.45) is 1.57. The number of aromatic nitrogens is 2. The minimum Gasteiger partial charge on any atom is -0.398 e. The topological polar surface area (TPSA) is 101 Å². The van der Waals surface area contributed by atoms with Crippen molar-refractivity contribution in [1.29, 1.82) is 0 Å². The number of halogens is 1. The van der Waals surface area contributed by atoms with Crippen molar-refractivity contribution in [2.24, 2.45) is 0 Å². The number of H-pyrrole nitrogens is 1. The molecule has 0 atom stereocenters. The lowest BCUT2D eigenvalue weighted by Crippen LogP contribution is -2.14. The highest BCUT2D eigenvalue weighted by molar-refractivity contribution is 9.10. The zero-order valence-electron chi connectivity index (χ0n) is 10.7. The van der Waals surface area contributed by atoms with E-state index < -0.39 is 10.0 Å². The van der Waals surface area contributed by atoms with Crippen LogP contribution in [0.2, 0.25) is 0 Å². The molecule has 0 unspecified atom stereocenters. The molecule has 0 fully saturated rings. The second-order valence-electron chi connectivity index (χ2n) is 4.42. The summed E-state index contributed by atoms with van der Waals surface area (Å²) in [5, 5.41) is 7.38. The first-order valence-electron chi connectivity index (χ1n) is 5.97. The number of fused-ring (bicyclic) bond motifs is 1. The summed E-state index contributed by atoms with van der Waals surface area (Å²) in [6.45, 7) is 0. The van der Waals surface area contributed by atoms with Crippen LogP contribution in [0, 0.1) is 0 Å². The van der Waals surface area contributed by atoms with Gasteiger partial charge in [0, 0.05) is 9.86 Å². The predicted octanol–water partition coefficient (Wildman–Crippen LogP) is 2.71. The molecule has 1 heterocycles. The van der Waals surface area contributed by atoms with Crippen molar-refractivity contribution in [3.63, 3.8) is 0 Å². The molecule has 0 aliphatic rings. The maximum absolute atomic E-state index is 12.5. The lowest BCUT2D eigenvalue weighted by atomic mass is 10.2. The molecule has 0 radical (unpaired) electrons. The second-order valence-corrected chi connectivity index (χ2v) is 6.99. The third-order valence-corrected chi connectivity index (χ3v) is 4.92. The van der Waals surface area contributed by atoms with E-state index in [1.807, 2.05) is 6.07 Å². The van der Waals surface area contributed by atoms with Crippen LogP contribution < -0.4 is 10.5 Å². The molecular formula is C13H11BrN4O2S. The number of nitrogens with zero attached hydrogens (tertiary/aromatic N) is 1. The molecule has 3 aromatic rings. The normalized spacial score (nSPS) is 11.7. The molecule has 4 N–H and O–H groups in total. The molecule has 0 aliphatic carbocycles. The van der Waals surface area contributed by atoms with Crippen molar-refractivity contribution < 1.29 is 8.42 Å². The van der Waals surface area contributed by atoms with Crippen LogP contribution in [-0.2, 0) is 10.0 Å².